The Labute approximate surface area is 90.3 Å². The van der Waals surface area contributed by atoms with Crippen molar-refractivity contribution in [1.82, 2.24) is 5.32 Å². The fraction of sp³-hybridized carbons (Fsp3) is 0.692. The van der Waals surface area contributed by atoms with Crippen LogP contribution in [0.1, 0.15) is 53.9 Å². The third kappa shape index (κ3) is 5.85. The quantitative estimate of drug-likeness (QED) is 0.662. The molecule has 1 aliphatic carbocycles. The van der Waals surface area contributed by atoms with E-state index in [9.17, 15) is 0 Å². The zero-order valence-corrected chi connectivity index (χ0v) is 10.8. The smallest absolute Gasteiger partial charge is 0.00278 e. The minimum absolute atomic E-state index is 1.25. The highest BCUT2D eigenvalue weighted by molar-refractivity contribution is 5.33. The third-order valence-electron chi connectivity index (χ3n) is 1.97. The molecule has 0 aromatic carbocycles. The average Bonchev–Trinajstić information content (AvgIpc) is 2.72. The Balaban J connectivity index is 0. The first-order chi connectivity index (χ1) is 6.88. The van der Waals surface area contributed by atoms with Crippen molar-refractivity contribution in [3.05, 3.63) is 23.4 Å². The van der Waals surface area contributed by atoms with Crippen LogP contribution in [0.25, 0.3) is 0 Å². The van der Waals surface area contributed by atoms with Crippen molar-refractivity contribution >= 4 is 0 Å². The van der Waals surface area contributed by atoms with Gasteiger partial charge < -0.3 is 5.32 Å². The molecule has 1 aliphatic rings. The molecule has 1 saturated carbocycles. The van der Waals surface area contributed by atoms with Gasteiger partial charge in [-0.05, 0) is 43.5 Å². The van der Waals surface area contributed by atoms with Crippen LogP contribution in [0.3, 0.4) is 0 Å². The minimum atomic E-state index is 1.25. The van der Waals surface area contributed by atoms with Crippen molar-refractivity contribution in [3.8, 4) is 0 Å². The molecule has 0 aromatic rings. The molecule has 84 valence electrons. The normalized spacial score (nSPS) is 19.6. The Bertz CT molecular complexity index is 166. The lowest BCUT2D eigenvalue weighted by atomic mass is 10.1. The molecule has 0 spiro atoms. The summed E-state index contributed by atoms with van der Waals surface area (Å²) in [7, 11) is 1.96. The van der Waals surface area contributed by atoms with E-state index in [-0.39, 0.29) is 0 Å². The highest BCUT2D eigenvalue weighted by Gasteiger charge is 2.10. The molecule has 1 fully saturated rings. The summed E-state index contributed by atoms with van der Waals surface area (Å²) in [6.07, 6.45) is 8.18. The van der Waals surface area contributed by atoms with Crippen LogP contribution in [0.2, 0.25) is 0 Å². The van der Waals surface area contributed by atoms with Gasteiger partial charge in [0, 0.05) is 7.05 Å². The summed E-state index contributed by atoms with van der Waals surface area (Å²) in [5.74, 6) is 0. The van der Waals surface area contributed by atoms with E-state index in [2.05, 4.69) is 24.5 Å². The lowest BCUT2D eigenvalue weighted by molar-refractivity contribution is 0.926. The molecule has 0 radical (unpaired) electrons. The maximum absolute atomic E-state index is 3.07. The molecule has 0 unspecified atom stereocenters. The highest BCUT2D eigenvalue weighted by Crippen LogP contribution is 2.29. The van der Waals surface area contributed by atoms with Crippen LogP contribution < -0.4 is 5.32 Å². The predicted molar refractivity (Wildman–Crippen MR) is 67.4 cm³/mol. The fourth-order valence-corrected chi connectivity index (χ4v) is 1.46. The van der Waals surface area contributed by atoms with Crippen LogP contribution in [0.4, 0.5) is 0 Å². The zero-order chi connectivity index (χ0) is 11.4. The number of allylic oxidation sites excluding steroid dienone is 3. The molecule has 1 N–H and O–H groups in total. The Morgan fingerprint density at radius 3 is 1.93 bits per heavy atom. The Morgan fingerprint density at radius 2 is 1.50 bits per heavy atom. The maximum atomic E-state index is 3.07. The molecule has 0 bridgehead atoms. The largest absolute Gasteiger partial charge is 0.394 e. The molecular formula is C13H27N. The van der Waals surface area contributed by atoms with Crippen molar-refractivity contribution < 1.29 is 0 Å². The lowest BCUT2D eigenvalue weighted by Crippen LogP contribution is -1.94. The average molecular weight is 197 g/mol. The Morgan fingerprint density at radius 1 is 1.00 bits per heavy atom. The van der Waals surface area contributed by atoms with Gasteiger partial charge in [-0.15, -0.1) is 0 Å². The van der Waals surface area contributed by atoms with Gasteiger partial charge in [0.25, 0.3) is 0 Å². The Kier molecular flexibility index (Phi) is 13.8. The van der Waals surface area contributed by atoms with Crippen molar-refractivity contribution in [2.24, 2.45) is 0 Å². The third-order valence-corrected chi connectivity index (χ3v) is 1.97. The van der Waals surface area contributed by atoms with Crippen LogP contribution in [0.15, 0.2) is 23.4 Å². The second kappa shape index (κ2) is 12.3. The van der Waals surface area contributed by atoms with E-state index >= 15 is 0 Å². The Hall–Kier alpha value is -0.720. The van der Waals surface area contributed by atoms with E-state index in [4.69, 9.17) is 0 Å². The molecule has 0 saturated heterocycles. The summed E-state index contributed by atoms with van der Waals surface area (Å²) in [6.45, 7) is 10.1. The van der Waals surface area contributed by atoms with Gasteiger partial charge in [0.15, 0.2) is 0 Å². The van der Waals surface area contributed by atoms with Gasteiger partial charge in [0.2, 0.25) is 0 Å². The van der Waals surface area contributed by atoms with Crippen LogP contribution >= 0.6 is 0 Å². The first-order valence-electron chi connectivity index (χ1n) is 5.90. The van der Waals surface area contributed by atoms with E-state index in [1.807, 2.05) is 34.7 Å². The molecule has 1 nitrogen and oxygen atoms in total. The zero-order valence-electron chi connectivity index (χ0n) is 10.8. The summed E-state index contributed by atoms with van der Waals surface area (Å²) in [6, 6.07) is 0. The van der Waals surface area contributed by atoms with E-state index < -0.39 is 0 Å². The SMILES string of the molecule is C/C=C1/CCC/C1=C/NC.CC.CC. The second-order valence-corrected chi connectivity index (χ2v) is 2.63. The van der Waals surface area contributed by atoms with Gasteiger partial charge in [-0.1, -0.05) is 33.8 Å². The van der Waals surface area contributed by atoms with Crippen molar-refractivity contribution in [2.75, 3.05) is 7.05 Å². The molecule has 0 atom stereocenters. The summed E-state index contributed by atoms with van der Waals surface area (Å²) in [4.78, 5) is 0. The number of rotatable bonds is 1. The van der Waals surface area contributed by atoms with E-state index in [0.717, 1.165) is 0 Å². The lowest BCUT2D eigenvalue weighted by Gasteiger charge is -1.97. The van der Waals surface area contributed by atoms with Crippen LogP contribution in [-0.4, -0.2) is 7.05 Å². The monoisotopic (exact) mass is 197 g/mol. The second-order valence-electron chi connectivity index (χ2n) is 2.63. The van der Waals surface area contributed by atoms with Gasteiger partial charge in [0.1, 0.15) is 0 Å². The molecular weight excluding hydrogens is 170 g/mol. The summed E-state index contributed by atoms with van der Waals surface area (Å²) in [5, 5.41) is 3.07. The molecule has 1 heteroatoms. The van der Waals surface area contributed by atoms with Gasteiger partial charge in [0.05, 0.1) is 0 Å². The molecule has 0 aromatic heterocycles. The number of hydrogen-bond acceptors (Lipinski definition) is 1. The molecule has 14 heavy (non-hydrogen) atoms. The van der Waals surface area contributed by atoms with Crippen LogP contribution in [0.5, 0.6) is 0 Å². The number of nitrogens with one attached hydrogen (secondary N) is 1. The van der Waals surface area contributed by atoms with Crippen molar-refractivity contribution in [1.29, 1.82) is 0 Å². The topological polar surface area (TPSA) is 12.0 Å². The van der Waals surface area contributed by atoms with Crippen molar-refractivity contribution in [2.45, 2.75) is 53.9 Å². The molecule has 0 aliphatic heterocycles. The summed E-state index contributed by atoms with van der Waals surface area (Å²) < 4.78 is 0. The highest BCUT2D eigenvalue weighted by atomic mass is 14.8. The molecule has 0 heterocycles. The fourth-order valence-electron chi connectivity index (χ4n) is 1.46. The van der Waals surface area contributed by atoms with Gasteiger partial charge in [-0.3, -0.25) is 0 Å². The van der Waals surface area contributed by atoms with Gasteiger partial charge in [-0.2, -0.15) is 0 Å². The molecule has 1 rings (SSSR count). The van der Waals surface area contributed by atoms with Gasteiger partial charge in [-0.25, -0.2) is 0 Å². The van der Waals surface area contributed by atoms with Crippen molar-refractivity contribution in [3.63, 3.8) is 0 Å². The van der Waals surface area contributed by atoms with Crippen LogP contribution in [0, 0.1) is 0 Å². The van der Waals surface area contributed by atoms with Gasteiger partial charge >= 0.3 is 0 Å². The first kappa shape index (κ1) is 15.7. The van der Waals surface area contributed by atoms with E-state index in [0.29, 0.717) is 0 Å². The minimum Gasteiger partial charge on any atom is -0.394 e. The number of hydrogen-bond donors (Lipinski definition) is 1. The van der Waals surface area contributed by atoms with E-state index in [1.54, 1.807) is 0 Å². The summed E-state index contributed by atoms with van der Waals surface area (Å²) in [5.41, 5.74) is 3.01. The maximum Gasteiger partial charge on any atom is 0.00278 e. The van der Waals surface area contributed by atoms with Crippen LogP contribution in [-0.2, 0) is 0 Å². The van der Waals surface area contributed by atoms with E-state index in [1.165, 1.54) is 30.4 Å². The summed E-state index contributed by atoms with van der Waals surface area (Å²) >= 11 is 0. The first-order valence-corrected chi connectivity index (χ1v) is 5.90. The predicted octanol–water partition coefficient (Wildman–Crippen LogP) is 4.27. The standard InChI is InChI=1S/C9H15N.2C2H6/c1-3-8-5-4-6-9(8)7-10-2;2*1-2/h3,7,10H,4-6H2,1-2H3;2*1-2H3/b8-3-,9-7-;;. The molecule has 0 amide bonds.